The number of ether oxygens (including phenoxy) is 1. The summed E-state index contributed by atoms with van der Waals surface area (Å²) in [6, 6.07) is 26.1. The number of fused-ring (bicyclic) bond motifs is 3. The molecular weight excluding hydrogens is 518 g/mol. The van der Waals surface area contributed by atoms with Gasteiger partial charge in [-0.05, 0) is 53.5 Å². The summed E-state index contributed by atoms with van der Waals surface area (Å²) >= 11 is 0. The molecule has 3 N–H and O–H groups in total. The minimum Gasteiger partial charge on any atom is -0.481 e. The number of hydrogen-bond donors (Lipinski definition) is 3. The molecule has 2 amide bonds. The molecule has 2 aliphatic carbocycles. The summed E-state index contributed by atoms with van der Waals surface area (Å²) < 4.78 is 5.82. The van der Waals surface area contributed by atoms with Gasteiger partial charge in [-0.1, -0.05) is 78.9 Å². The van der Waals surface area contributed by atoms with Crippen LogP contribution in [0.15, 0.2) is 78.9 Å². The lowest BCUT2D eigenvalue weighted by Crippen LogP contribution is -2.61. The maximum atomic E-state index is 13.8. The van der Waals surface area contributed by atoms with Crippen LogP contribution in [0, 0.1) is 5.92 Å². The van der Waals surface area contributed by atoms with Crippen LogP contribution in [0.2, 0.25) is 0 Å². The van der Waals surface area contributed by atoms with Crippen molar-refractivity contribution in [3.8, 4) is 11.1 Å². The summed E-state index contributed by atoms with van der Waals surface area (Å²) in [7, 11) is 0. The lowest BCUT2D eigenvalue weighted by atomic mass is 9.96. The first-order valence-corrected chi connectivity index (χ1v) is 14.3. The number of aliphatic carboxylic acids is 1. The predicted molar refractivity (Wildman–Crippen MR) is 154 cm³/mol. The summed E-state index contributed by atoms with van der Waals surface area (Å²) in [5.74, 6) is -1.65. The quantitative estimate of drug-likeness (QED) is 0.378. The number of nitrogens with one attached hydrogen (secondary N) is 2. The Hall–Kier alpha value is -4.17. The molecule has 0 bridgehead atoms. The molecule has 1 saturated carbocycles. The Morgan fingerprint density at radius 3 is 2.22 bits per heavy atom. The van der Waals surface area contributed by atoms with E-state index in [1.54, 1.807) is 0 Å². The van der Waals surface area contributed by atoms with Crippen LogP contribution in [0.3, 0.4) is 0 Å². The summed E-state index contributed by atoms with van der Waals surface area (Å²) in [4.78, 5) is 40.7. The molecular formula is C33H35N3O5. The molecule has 6 rings (SSSR count). The van der Waals surface area contributed by atoms with E-state index in [0.29, 0.717) is 45.3 Å². The number of nitrogens with zero attached hydrogens (tertiary/aromatic N) is 1. The van der Waals surface area contributed by atoms with Gasteiger partial charge in [-0.2, -0.15) is 0 Å². The minimum atomic E-state index is -1.17. The SMILES string of the molecule is O=C(NC1(C(=O)N[C@@H]2CC[C@H](C(=O)O)C2)CCN(Cc2ccccc2)C1)OCC1c2ccccc2-c2ccccc21. The van der Waals surface area contributed by atoms with Crippen molar-refractivity contribution in [2.75, 3.05) is 19.7 Å². The second kappa shape index (κ2) is 11.4. The second-order valence-electron chi connectivity index (χ2n) is 11.5. The van der Waals surface area contributed by atoms with Crippen molar-refractivity contribution in [1.29, 1.82) is 0 Å². The molecule has 8 nitrogen and oxygen atoms in total. The summed E-state index contributed by atoms with van der Waals surface area (Å²) in [6.45, 7) is 1.79. The molecule has 0 aromatic heterocycles. The molecule has 3 aliphatic rings. The van der Waals surface area contributed by atoms with Crippen molar-refractivity contribution in [3.05, 3.63) is 95.6 Å². The molecule has 1 aliphatic heterocycles. The van der Waals surface area contributed by atoms with Gasteiger partial charge < -0.3 is 20.5 Å². The van der Waals surface area contributed by atoms with Crippen LogP contribution in [0.1, 0.15) is 48.3 Å². The van der Waals surface area contributed by atoms with Crippen LogP contribution in [-0.4, -0.2) is 59.3 Å². The molecule has 1 saturated heterocycles. The number of hydrogen-bond acceptors (Lipinski definition) is 5. The molecule has 1 heterocycles. The van der Waals surface area contributed by atoms with Crippen LogP contribution in [0.5, 0.6) is 0 Å². The largest absolute Gasteiger partial charge is 0.481 e. The van der Waals surface area contributed by atoms with E-state index in [9.17, 15) is 19.5 Å². The fourth-order valence-corrected chi connectivity index (χ4v) is 6.70. The number of carbonyl (C=O) groups is 3. The lowest BCUT2D eigenvalue weighted by molar-refractivity contribution is -0.141. The summed E-state index contributed by atoms with van der Waals surface area (Å²) in [5, 5.41) is 15.4. The van der Waals surface area contributed by atoms with Gasteiger partial charge in [0.1, 0.15) is 12.1 Å². The molecule has 41 heavy (non-hydrogen) atoms. The van der Waals surface area contributed by atoms with Crippen molar-refractivity contribution in [2.24, 2.45) is 5.92 Å². The van der Waals surface area contributed by atoms with Gasteiger partial charge in [-0.3, -0.25) is 14.5 Å². The first-order valence-electron chi connectivity index (χ1n) is 14.3. The van der Waals surface area contributed by atoms with E-state index in [4.69, 9.17) is 4.74 Å². The normalized spacial score (nSPS) is 23.5. The van der Waals surface area contributed by atoms with Gasteiger partial charge >= 0.3 is 12.1 Å². The zero-order chi connectivity index (χ0) is 28.4. The van der Waals surface area contributed by atoms with E-state index >= 15 is 0 Å². The van der Waals surface area contributed by atoms with Gasteiger partial charge in [0.15, 0.2) is 0 Å². The Balaban J connectivity index is 1.16. The third-order valence-corrected chi connectivity index (χ3v) is 8.83. The van der Waals surface area contributed by atoms with E-state index in [1.165, 1.54) is 0 Å². The molecule has 1 unspecified atom stereocenters. The van der Waals surface area contributed by atoms with Crippen molar-refractivity contribution in [1.82, 2.24) is 15.5 Å². The van der Waals surface area contributed by atoms with Crippen LogP contribution in [-0.2, 0) is 20.9 Å². The number of benzene rings is 3. The second-order valence-corrected chi connectivity index (χ2v) is 11.5. The maximum absolute atomic E-state index is 13.8. The molecule has 3 aromatic rings. The fourth-order valence-electron chi connectivity index (χ4n) is 6.70. The number of amides is 2. The Bertz CT molecular complexity index is 1400. The Labute approximate surface area is 239 Å². The molecule has 0 radical (unpaired) electrons. The molecule has 3 atom stereocenters. The van der Waals surface area contributed by atoms with Crippen LogP contribution >= 0.6 is 0 Å². The number of likely N-dealkylation sites (tertiary alicyclic amines) is 1. The highest BCUT2D eigenvalue weighted by atomic mass is 16.5. The minimum absolute atomic E-state index is 0.0810. The smallest absolute Gasteiger partial charge is 0.408 e. The number of carboxylic acids is 1. The lowest BCUT2D eigenvalue weighted by Gasteiger charge is -2.31. The van der Waals surface area contributed by atoms with Crippen LogP contribution in [0.4, 0.5) is 4.79 Å². The van der Waals surface area contributed by atoms with Crippen LogP contribution in [0.25, 0.3) is 11.1 Å². The van der Waals surface area contributed by atoms with E-state index < -0.39 is 23.5 Å². The van der Waals surface area contributed by atoms with Gasteiger partial charge in [0, 0.05) is 31.6 Å². The summed E-state index contributed by atoms with van der Waals surface area (Å²) in [5.41, 5.74) is 4.51. The third kappa shape index (κ3) is 5.57. The zero-order valence-corrected chi connectivity index (χ0v) is 22.9. The highest BCUT2D eigenvalue weighted by Gasteiger charge is 2.47. The van der Waals surface area contributed by atoms with Crippen molar-refractivity contribution >= 4 is 18.0 Å². The molecule has 3 aromatic carbocycles. The first-order chi connectivity index (χ1) is 19.9. The van der Waals surface area contributed by atoms with Gasteiger partial charge in [0.2, 0.25) is 5.91 Å². The predicted octanol–water partition coefficient (Wildman–Crippen LogP) is 4.54. The fraction of sp³-hybridized carbons (Fsp3) is 0.364. The van der Waals surface area contributed by atoms with Gasteiger partial charge in [-0.15, -0.1) is 0 Å². The van der Waals surface area contributed by atoms with Crippen molar-refractivity contribution < 1.29 is 24.2 Å². The topological polar surface area (TPSA) is 108 Å². The van der Waals surface area contributed by atoms with Gasteiger partial charge in [-0.25, -0.2) is 4.79 Å². The Morgan fingerprint density at radius 1 is 0.902 bits per heavy atom. The van der Waals surface area contributed by atoms with E-state index in [-0.39, 0.29) is 24.5 Å². The molecule has 212 valence electrons. The average molecular weight is 554 g/mol. The Morgan fingerprint density at radius 2 is 1.56 bits per heavy atom. The van der Waals surface area contributed by atoms with Crippen molar-refractivity contribution in [3.63, 3.8) is 0 Å². The molecule has 8 heteroatoms. The summed E-state index contributed by atoms with van der Waals surface area (Å²) in [6.07, 6.45) is 1.35. The van der Waals surface area contributed by atoms with Crippen molar-refractivity contribution in [2.45, 2.75) is 49.7 Å². The number of carboxylic acid groups (broad SMARTS) is 1. The van der Waals surface area contributed by atoms with Crippen LogP contribution < -0.4 is 10.6 Å². The standard InChI is InChI=1S/C33H35N3O5/c37-30(38)23-14-15-24(18-23)34-31(39)33(16-17-36(21-33)19-22-8-2-1-3-9-22)35-32(40)41-20-29-27-12-6-4-10-25(27)26-11-5-7-13-28(26)29/h1-13,23-24,29H,14-21H2,(H,34,39)(H,35,40)(H,37,38)/t23-,24+,33?/m0/s1. The highest BCUT2D eigenvalue weighted by Crippen LogP contribution is 2.44. The van der Waals surface area contributed by atoms with E-state index in [1.807, 2.05) is 54.6 Å². The first kappa shape index (κ1) is 27.0. The third-order valence-electron chi connectivity index (χ3n) is 8.83. The zero-order valence-electron chi connectivity index (χ0n) is 22.9. The number of alkyl carbamates (subject to hydrolysis) is 1. The molecule has 2 fully saturated rings. The van der Waals surface area contributed by atoms with E-state index in [2.05, 4.69) is 39.8 Å². The van der Waals surface area contributed by atoms with Gasteiger partial charge in [0.05, 0.1) is 5.92 Å². The maximum Gasteiger partial charge on any atom is 0.408 e. The molecule has 0 spiro atoms. The average Bonchev–Trinajstić information content (AvgIpc) is 3.69. The van der Waals surface area contributed by atoms with E-state index in [0.717, 1.165) is 27.8 Å². The number of rotatable bonds is 8. The Kier molecular flexibility index (Phi) is 7.49. The van der Waals surface area contributed by atoms with Gasteiger partial charge in [0.25, 0.3) is 0 Å². The monoisotopic (exact) mass is 553 g/mol. The highest BCUT2D eigenvalue weighted by molar-refractivity contribution is 5.91. The number of carbonyl (C=O) groups excluding carboxylic acids is 2.